The van der Waals surface area contributed by atoms with E-state index in [4.69, 9.17) is 0 Å². The highest BCUT2D eigenvalue weighted by Gasteiger charge is 2.48. The molecule has 1 aliphatic rings. The summed E-state index contributed by atoms with van der Waals surface area (Å²) >= 11 is 0. The molecule has 4 nitrogen and oxygen atoms in total. The topological polar surface area (TPSA) is 41.6 Å². The van der Waals surface area contributed by atoms with Crippen LogP contribution < -0.4 is 10.2 Å². The maximum atomic E-state index is 13.0. The molecule has 1 aliphatic heterocycles. The molecule has 0 saturated carbocycles. The van der Waals surface area contributed by atoms with Gasteiger partial charge in [0.15, 0.2) is 0 Å². The number of piperazine rings is 1. The van der Waals surface area contributed by atoms with E-state index in [1.807, 2.05) is 0 Å². The molecule has 1 aromatic rings. The summed E-state index contributed by atoms with van der Waals surface area (Å²) in [5.74, 6) is -2.78. The number of hydrogen-bond donors (Lipinski definition) is 1. The van der Waals surface area contributed by atoms with Crippen molar-refractivity contribution in [3.8, 4) is 0 Å². The Morgan fingerprint density at radius 2 is 2.00 bits per heavy atom. The van der Waals surface area contributed by atoms with Crippen LogP contribution in [-0.2, 0) is 9.53 Å². The number of benzene rings is 1. The summed E-state index contributed by atoms with van der Waals surface area (Å²) in [6.45, 7) is 4.16. The van der Waals surface area contributed by atoms with Gasteiger partial charge in [0, 0.05) is 18.8 Å². The second kappa shape index (κ2) is 5.96. The van der Waals surface area contributed by atoms with E-state index in [1.54, 1.807) is 0 Å². The summed E-state index contributed by atoms with van der Waals surface area (Å²) in [6.07, 6.45) is -3.98. The van der Waals surface area contributed by atoms with Crippen LogP contribution in [0.5, 0.6) is 0 Å². The van der Waals surface area contributed by atoms with Crippen LogP contribution in [0.25, 0.3) is 0 Å². The van der Waals surface area contributed by atoms with Gasteiger partial charge < -0.3 is 15.0 Å². The number of alkyl halides is 3. The van der Waals surface area contributed by atoms with Crippen molar-refractivity contribution >= 4 is 11.7 Å². The Kier molecular flexibility index (Phi) is 4.41. The Hall–Kier alpha value is -2.09. The highest BCUT2D eigenvalue weighted by molar-refractivity contribution is 5.77. The molecule has 0 radical (unpaired) electrons. The van der Waals surface area contributed by atoms with Crippen LogP contribution in [0, 0.1) is 5.82 Å². The Balaban J connectivity index is 2.34. The number of halogens is 4. The molecule has 2 rings (SSSR count). The van der Waals surface area contributed by atoms with E-state index < -0.39 is 23.7 Å². The van der Waals surface area contributed by atoms with Crippen LogP contribution in [0.2, 0.25) is 0 Å². The third kappa shape index (κ3) is 3.22. The fourth-order valence-corrected chi connectivity index (χ4v) is 2.25. The summed E-state index contributed by atoms with van der Waals surface area (Å²) in [5, 5.41) is 2.86. The van der Waals surface area contributed by atoms with Crippen molar-refractivity contribution in [2.45, 2.75) is 11.9 Å². The Bertz CT molecular complexity index is 559. The predicted octanol–water partition coefficient (Wildman–Crippen LogP) is 2.22. The number of nitrogens with one attached hydrogen (secondary N) is 1. The van der Waals surface area contributed by atoms with E-state index in [2.05, 4.69) is 16.6 Å². The minimum Gasteiger partial charge on any atom is -0.427 e. The number of hydrogen-bond acceptors (Lipinski definition) is 4. The number of esters is 1. The van der Waals surface area contributed by atoms with E-state index in [9.17, 15) is 22.4 Å². The Labute approximate surface area is 124 Å². The summed E-state index contributed by atoms with van der Waals surface area (Å²) in [4.78, 5) is 12.7. The molecule has 1 aromatic carbocycles. The predicted molar refractivity (Wildman–Crippen MR) is 71.7 cm³/mol. The van der Waals surface area contributed by atoms with E-state index in [1.165, 1.54) is 29.2 Å². The van der Waals surface area contributed by atoms with Gasteiger partial charge in [-0.05, 0) is 30.3 Å². The third-order valence-electron chi connectivity index (χ3n) is 3.31. The summed E-state index contributed by atoms with van der Waals surface area (Å²) < 4.78 is 55.2. The van der Waals surface area contributed by atoms with Gasteiger partial charge in [-0.25, -0.2) is 9.18 Å². The lowest BCUT2D eigenvalue weighted by Crippen LogP contribution is -2.63. The standard InChI is InChI=1S/C14H14F4N2O2/c1-2-13(22-12(21)14(16,17)18)9-19-7-8-20(13)11-5-3-10(15)4-6-11/h2-6,19H,1,7-9H2. The lowest BCUT2D eigenvalue weighted by molar-refractivity contribution is -0.210. The molecule has 120 valence electrons. The molecule has 1 unspecified atom stereocenters. The average Bonchev–Trinajstić information content (AvgIpc) is 2.47. The highest BCUT2D eigenvalue weighted by atomic mass is 19.4. The second-order valence-electron chi connectivity index (χ2n) is 4.74. The van der Waals surface area contributed by atoms with E-state index >= 15 is 0 Å². The normalized spacial score (nSPS) is 22.3. The zero-order valence-corrected chi connectivity index (χ0v) is 11.5. The van der Waals surface area contributed by atoms with Gasteiger partial charge in [-0.3, -0.25) is 0 Å². The molecule has 1 heterocycles. The SMILES string of the molecule is C=CC1(OC(=O)C(F)(F)F)CNCCN1c1ccc(F)cc1. The van der Waals surface area contributed by atoms with Crippen molar-refractivity contribution in [3.05, 3.63) is 42.7 Å². The van der Waals surface area contributed by atoms with Gasteiger partial charge in [-0.2, -0.15) is 13.2 Å². The Morgan fingerprint density at radius 1 is 1.36 bits per heavy atom. The van der Waals surface area contributed by atoms with Gasteiger partial charge >= 0.3 is 12.1 Å². The van der Waals surface area contributed by atoms with Crippen LogP contribution in [0.4, 0.5) is 23.2 Å². The second-order valence-corrected chi connectivity index (χ2v) is 4.74. The van der Waals surface area contributed by atoms with Crippen molar-refractivity contribution in [2.75, 3.05) is 24.5 Å². The first-order chi connectivity index (χ1) is 10.3. The maximum Gasteiger partial charge on any atom is 0.491 e. The molecular weight excluding hydrogens is 304 g/mol. The molecule has 1 fully saturated rings. The van der Waals surface area contributed by atoms with Crippen LogP contribution >= 0.6 is 0 Å². The van der Waals surface area contributed by atoms with Gasteiger partial charge in [0.2, 0.25) is 5.72 Å². The van der Waals surface area contributed by atoms with Gasteiger partial charge in [0.05, 0.1) is 6.54 Å². The molecule has 0 aromatic heterocycles. The van der Waals surface area contributed by atoms with Crippen molar-refractivity contribution in [1.82, 2.24) is 5.32 Å². The first-order valence-electron chi connectivity index (χ1n) is 6.46. The molecule has 22 heavy (non-hydrogen) atoms. The molecule has 0 bridgehead atoms. The molecule has 0 amide bonds. The molecule has 0 spiro atoms. The molecule has 0 aliphatic carbocycles. The van der Waals surface area contributed by atoms with Gasteiger partial charge in [0.25, 0.3) is 0 Å². The van der Waals surface area contributed by atoms with Crippen molar-refractivity contribution in [1.29, 1.82) is 0 Å². The van der Waals surface area contributed by atoms with Crippen molar-refractivity contribution in [2.24, 2.45) is 0 Å². The first-order valence-corrected chi connectivity index (χ1v) is 6.46. The molecule has 8 heteroatoms. The van der Waals surface area contributed by atoms with Gasteiger partial charge in [-0.1, -0.05) is 6.58 Å². The van der Waals surface area contributed by atoms with Gasteiger partial charge in [0.1, 0.15) is 5.82 Å². The summed E-state index contributed by atoms with van der Waals surface area (Å²) in [5.41, 5.74) is -1.26. The summed E-state index contributed by atoms with van der Waals surface area (Å²) in [6, 6.07) is 5.16. The number of anilines is 1. The zero-order chi connectivity index (χ0) is 16.4. The summed E-state index contributed by atoms with van der Waals surface area (Å²) in [7, 11) is 0. The fraction of sp³-hybridized carbons (Fsp3) is 0.357. The fourth-order valence-electron chi connectivity index (χ4n) is 2.25. The van der Waals surface area contributed by atoms with Crippen LogP contribution in [0.15, 0.2) is 36.9 Å². The monoisotopic (exact) mass is 318 g/mol. The Morgan fingerprint density at radius 3 is 2.55 bits per heavy atom. The quantitative estimate of drug-likeness (QED) is 0.527. The van der Waals surface area contributed by atoms with Crippen molar-refractivity contribution in [3.63, 3.8) is 0 Å². The molecule has 1 saturated heterocycles. The van der Waals surface area contributed by atoms with Crippen LogP contribution in [0.1, 0.15) is 0 Å². The maximum absolute atomic E-state index is 13.0. The zero-order valence-electron chi connectivity index (χ0n) is 11.5. The van der Waals surface area contributed by atoms with E-state index in [0.717, 1.165) is 6.08 Å². The first kappa shape index (κ1) is 16.3. The number of rotatable bonds is 3. The van der Waals surface area contributed by atoms with Crippen LogP contribution in [-0.4, -0.2) is 37.5 Å². The highest BCUT2D eigenvalue weighted by Crippen LogP contribution is 2.30. The minimum absolute atomic E-state index is 0.0598. The largest absolute Gasteiger partial charge is 0.491 e. The number of carbonyl (C=O) groups is 1. The number of ether oxygens (including phenoxy) is 1. The lowest BCUT2D eigenvalue weighted by atomic mass is 10.1. The number of carbonyl (C=O) groups excluding carboxylic acids is 1. The minimum atomic E-state index is -5.11. The third-order valence-corrected chi connectivity index (χ3v) is 3.31. The molecular formula is C14H14F4N2O2. The van der Waals surface area contributed by atoms with E-state index in [-0.39, 0.29) is 13.1 Å². The van der Waals surface area contributed by atoms with Crippen molar-refractivity contribution < 1.29 is 27.1 Å². The smallest absolute Gasteiger partial charge is 0.427 e. The molecule has 1 atom stereocenters. The van der Waals surface area contributed by atoms with Gasteiger partial charge in [-0.15, -0.1) is 0 Å². The number of nitrogens with zero attached hydrogens (tertiary/aromatic N) is 1. The van der Waals surface area contributed by atoms with Crippen LogP contribution in [0.3, 0.4) is 0 Å². The molecule has 1 N–H and O–H groups in total. The lowest BCUT2D eigenvalue weighted by Gasteiger charge is -2.45. The average molecular weight is 318 g/mol. The van der Waals surface area contributed by atoms with E-state index in [0.29, 0.717) is 12.2 Å².